The summed E-state index contributed by atoms with van der Waals surface area (Å²) in [7, 11) is 0. The predicted molar refractivity (Wildman–Crippen MR) is 92.8 cm³/mol. The molecule has 0 atom stereocenters. The molecule has 0 aromatic heterocycles. The Morgan fingerprint density at radius 1 is 1.07 bits per heavy atom. The third-order valence-corrected chi connectivity index (χ3v) is 3.23. The van der Waals surface area contributed by atoms with Crippen LogP contribution in [-0.4, -0.2) is 24.6 Å². The van der Waals surface area contributed by atoms with Crippen LogP contribution < -0.4 is 10.6 Å². The molecule has 142 valence electrons. The molecule has 0 aliphatic rings. The fraction of sp³-hybridized carbons (Fsp3) is 0.167. The third kappa shape index (κ3) is 7.18. The van der Waals surface area contributed by atoms with E-state index in [0.717, 1.165) is 23.9 Å². The molecule has 2 amide bonds. The SMILES string of the molecule is O=C(/C=N/OCC(=O)NCc1ccccc1)Nc1cccc(C(F)(F)F)c1. The molecule has 27 heavy (non-hydrogen) atoms. The third-order valence-electron chi connectivity index (χ3n) is 3.23. The van der Waals surface area contributed by atoms with E-state index >= 15 is 0 Å². The molecule has 0 spiro atoms. The Labute approximate surface area is 153 Å². The van der Waals surface area contributed by atoms with Crippen molar-refractivity contribution in [3.8, 4) is 0 Å². The van der Waals surface area contributed by atoms with Crippen molar-refractivity contribution in [2.24, 2.45) is 5.16 Å². The van der Waals surface area contributed by atoms with Crippen LogP contribution in [0.15, 0.2) is 59.8 Å². The number of hydrogen-bond donors (Lipinski definition) is 2. The average molecular weight is 379 g/mol. The van der Waals surface area contributed by atoms with Crippen LogP contribution in [0.4, 0.5) is 18.9 Å². The van der Waals surface area contributed by atoms with Gasteiger partial charge in [0.25, 0.3) is 11.8 Å². The normalized spacial score (nSPS) is 11.2. The Kier molecular flexibility index (Phi) is 6.93. The van der Waals surface area contributed by atoms with Gasteiger partial charge < -0.3 is 15.5 Å². The van der Waals surface area contributed by atoms with E-state index in [1.807, 2.05) is 30.3 Å². The van der Waals surface area contributed by atoms with Gasteiger partial charge in [0.05, 0.1) is 5.56 Å². The van der Waals surface area contributed by atoms with Gasteiger partial charge in [0.1, 0.15) is 6.21 Å². The van der Waals surface area contributed by atoms with Crippen molar-refractivity contribution in [1.29, 1.82) is 0 Å². The minimum Gasteiger partial charge on any atom is -0.386 e. The fourth-order valence-electron chi connectivity index (χ4n) is 1.98. The summed E-state index contributed by atoms with van der Waals surface area (Å²) < 4.78 is 37.8. The maximum absolute atomic E-state index is 12.6. The van der Waals surface area contributed by atoms with Gasteiger partial charge in [-0.1, -0.05) is 41.6 Å². The number of halogens is 3. The molecule has 0 unspecified atom stereocenters. The molecule has 0 saturated heterocycles. The van der Waals surface area contributed by atoms with Crippen LogP contribution in [-0.2, 0) is 27.1 Å². The Morgan fingerprint density at radius 2 is 1.81 bits per heavy atom. The number of nitrogens with zero attached hydrogens (tertiary/aromatic N) is 1. The molecular weight excluding hydrogens is 363 g/mol. The zero-order chi connectivity index (χ0) is 19.7. The van der Waals surface area contributed by atoms with E-state index in [0.29, 0.717) is 6.54 Å². The second kappa shape index (κ2) is 9.37. The number of hydrogen-bond acceptors (Lipinski definition) is 4. The number of rotatable bonds is 7. The molecule has 0 aliphatic heterocycles. The Hall–Kier alpha value is -3.36. The summed E-state index contributed by atoms with van der Waals surface area (Å²) in [6.07, 6.45) is -3.78. The van der Waals surface area contributed by atoms with Crippen molar-refractivity contribution in [2.45, 2.75) is 12.7 Å². The number of amides is 2. The minimum absolute atomic E-state index is 0.0399. The van der Waals surface area contributed by atoms with Crippen molar-refractivity contribution < 1.29 is 27.6 Å². The van der Waals surface area contributed by atoms with E-state index in [1.165, 1.54) is 12.1 Å². The first kappa shape index (κ1) is 20.0. The highest BCUT2D eigenvalue weighted by atomic mass is 19.4. The number of nitrogens with one attached hydrogen (secondary N) is 2. The van der Waals surface area contributed by atoms with Gasteiger partial charge in [-0.3, -0.25) is 9.59 Å². The lowest BCUT2D eigenvalue weighted by Crippen LogP contribution is -2.26. The van der Waals surface area contributed by atoms with Crippen LogP contribution in [0.3, 0.4) is 0 Å². The summed E-state index contributed by atoms with van der Waals surface area (Å²) in [6.45, 7) is -0.0804. The highest BCUT2D eigenvalue weighted by molar-refractivity contribution is 6.31. The van der Waals surface area contributed by atoms with Crippen molar-refractivity contribution in [1.82, 2.24) is 5.32 Å². The van der Waals surface area contributed by atoms with Crippen LogP contribution in [0.2, 0.25) is 0 Å². The van der Waals surface area contributed by atoms with Gasteiger partial charge >= 0.3 is 6.18 Å². The second-order valence-corrected chi connectivity index (χ2v) is 5.34. The van der Waals surface area contributed by atoms with Crippen molar-refractivity contribution in [3.05, 3.63) is 65.7 Å². The first-order valence-electron chi connectivity index (χ1n) is 7.79. The number of anilines is 1. The van der Waals surface area contributed by atoms with E-state index < -0.39 is 30.2 Å². The molecule has 0 bridgehead atoms. The van der Waals surface area contributed by atoms with E-state index in [1.54, 1.807) is 0 Å². The molecule has 0 aliphatic carbocycles. The van der Waals surface area contributed by atoms with Crippen LogP contribution in [0.1, 0.15) is 11.1 Å². The highest BCUT2D eigenvalue weighted by Gasteiger charge is 2.30. The van der Waals surface area contributed by atoms with Crippen molar-refractivity contribution >= 4 is 23.7 Å². The lowest BCUT2D eigenvalue weighted by molar-refractivity contribution is -0.137. The number of carbonyl (C=O) groups excluding carboxylic acids is 2. The van der Waals surface area contributed by atoms with Gasteiger partial charge in [-0.05, 0) is 23.8 Å². The predicted octanol–water partition coefficient (Wildman–Crippen LogP) is 2.96. The van der Waals surface area contributed by atoms with Crippen molar-refractivity contribution in [2.75, 3.05) is 11.9 Å². The first-order valence-corrected chi connectivity index (χ1v) is 7.79. The largest absolute Gasteiger partial charge is 0.416 e. The van der Waals surface area contributed by atoms with E-state index in [4.69, 9.17) is 0 Å². The summed E-state index contributed by atoms with van der Waals surface area (Å²) in [5.74, 6) is -1.23. The van der Waals surface area contributed by atoms with E-state index in [2.05, 4.69) is 20.6 Å². The molecule has 0 fully saturated rings. The van der Waals surface area contributed by atoms with Gasteiger partial charge in [0, 0.05) is 12.2 Å². The van der Waals surface area contributed by atoms with Gasteiger partial charge in [-0.25, -0.2) is 0 Å². The van der Waals surface area contributed by atoms with Gasteiger partial charge in [-0.2, -0.15) is 13.2 Å². The summed E-state index contributed by atoms with van der Waals surface area (Å²) in [5, 5.41) is 8.14. The fourth-order valence-corrected chi connectivity index (χ4v) is 1.98. The maximum Gasteiger partial charge on any atom is 0.416 e. The molecule has 0 radical (unpaired) electrons. The molecule has 9 heteroatoms. The molecule has 6 nitrogen and oxygen atoms in total. The zero-order valence-electron chi connectivity index (χ0n) is 14.0. The Bertz CT molecular complexity index is 808. The molecule has 2 N–H and O–H groups in total. The lowest BCUT2D eigenvalue weighted by Gasteiger charge is -2.08. The highest BCUT2D eigenvalue weighted by Crippen LogP contribution is 2.30. The minimum atomic E-state index is -4.51. The topological polar surface area (TPSA) is 79.8 Å². The van der Waals surface area contributed by atoms with Gasteiger partial charge in [-0.15, -0.1) is 0 Å². The lowest BCUT2D eigenvalue weighted by atomic mass is 10.2. The molecule has 2 aromatic carbocycles. The summed E-state index contributed by atoms with van der Waals surface area (Å²) in [4.78, 5) is 27.9. The number of carbonyl (C=O) groups is 2. The standard InChI is InChI=1S/C18H16F3N3O3/c19-18(20,21)14-7-4-8-15(9-14)24-16(25)11-23-27-12-17(26)22-10-13-5-2-1-3-6-13/h1-9,11H,10,12H2,(H,22,26)(H,24,25)/b23-11+. The molecule has 2 rings (SSSR count). The summed E-state index contributed by atoms with van der Waals surface area (Å²) >= 11 is 0. The van der Waals surface area contributed by atoms with Gasteiger partial charge in [0.2, 0.25) is 0 Å². The summed E-state index contributed by atoms with van der Waals surface area (Å²) in [5.41, 5.74) is -0.0136. The quantitative estimate of drug-likeness (QED) is 0.573. The molecule has 0 heterocycles. The molecule has 2 aromatic rings. The van der Waals surface area contributed by atoms with E-state index in [-0.39, 0.29) is 5.69 Å². The van der Waals surface area contributed by atoms with Crippen LogP contribution in [0.25, 0.3) is 0 Å². The van der Waals surface area contributed by atoms with Crippen molar-refractivity contribution in [3.63, 3.8) is 0 Å². The van der Waals surface area contributed by atoms with Crippen LogP contribution in [0, 0.1) is 0 Å². The Morgan fingerprint density at radius 3 is 2.52 bits per heavy atom. The first-order chi connectivity index (χ1) is 12.8. The number of benzene rings is 2. The zero-order valence-corrected chi connectivity index (χ0v) is 14.0. The maximum atomic E-state index is 12.6. The van der Waals surface area contributed by atoms with Crippen LogP contribution >= 0.6 is 0 Å². The number of oxime groups is 1. The smallest absolute Gasteiger partial charge is 0.386 e. The van der Waals surface area contributed by atoms with Crippen LogP contribution in [0.5, 0.6) is 0 Å². The van der Waals surface area contributed by atoms with Gasteiger partial charge in [0.15, 0.2) is 6.61 Å². The average Bonchev–Trinajstić information content (AvgIpc) is 2.64. The molecular formula is C18H16F3N3O3. The monoisotopic (exact) mass is 379 g/mol. The summed E-state index contributed by atoms with van der Waals surface area (Å²) in [6, 6.07) is 13.4. The van der Waals surface area contributed by atoms with E-state index in [9.17, 15) is 22.8 Å². The second-order valence-electron chi connectivity index (χ2n) is 5.34. The Balaban J connectivity index is 1.73. The number of alkyl halides is 3. The molecule has 0 saturated carbocycles.